The molecule has 3 aromatic rings. The van der Waals surface area contributed by atoms with Crippen LogP contribution in [0.2, 0.25) is 0 Å². The van der Waals surface area contributed by atoms with Crippen LogP contribution < -0.4 is 5.32 Å². The summed E-state index contributed by atoms with van der Waals surface area (Å²) in [5.74, 6) is -1.76. The molecule has 0 bridgehead atoms. The molecule has 0 atom stereocenters. The molecule has 2 aromatic carbocycles. The van der Waals surface area contributed by atoms with Gasteiger partial charge in [-0.2, -0.15) is 0 Å². The predicted octanol–water partition coefficient (Wildman–Crippen LogP) is 4.43. The van der Waals surface area contributed by atoms with Gasteiger partial charge in [-0.3, -0.25) is 14.6 Å². The van der Waals surface area contributed by atoms with Gasteiger partial charge >= 0.3 is 5.97 Å². The van der Waals surface area contributed by atoms with Crippen LogP contribution in [-0.4, -0.2) is 30.4 Å². The molecule has 0 fully saturated rings. The predicted molar refractivity (Wildman–Crippen MR) is 123 cm³/mol. The van der Waals surface area contributed by atoms with Gasteiger partial charge in [0.05, 0.1) is 27.3 Å². The minimum atomic E-state index is -3.71. The Morgan fingerprint density at radius 1 is 1.00 bits per heavy atom. The summed E-state index contributed by atoms with van der Waals surface area (Å²) in [7, 11) is -3.71. The lowest BCUT2D eigenvalue weighted by atomic mass is 9.79. The number of carboxylic acid groups (broad SMARTS) is 1. The molecular weight excluding hydrogens is 428 g/mol. The van der Waals surface area contributed by atoms with Crippen molar-refractivity contribution >= 4 is 38.3 Å². The van der Waals surface area contributed by atoms with Gasteiger partial charge in [-0.15, -0.1) is 0 Å². The lowest BCUT2D eigenvalue weighted by molar-refractivity contribution is -0.151. The maximum absolute atomic E-state index is 13.0. The van der Waals surface area contributed by atoms with Crippen LogP contribution in [0, 0.1) is 5.41 Å². The summed E-state index contributed by atoms with van der Waals surface area (Å²) in [6.07, 6.45) is 0.451. The van der Waals surface area contributed by atoms with E-state index in [1.165, 1.54) is 12.1 Å². The third-order valence-corrected chi connectivity index (χ3v) is 7.43. The number of benzene rings is 2. The minimum absolute atomic E-state index is 0.0562. The summed E-state index contributed by atoms with van der Waals surface area (Å²) in [5, 5.41) is 13.1. The first kappa shape index (κ1) is 23.4. The maximum atomic E-state index is 13.0. The van der Waals surface area contributed by atoms with E-state index in [0.29, 0.717) is 24.2 Å². The molecular formula is C24H26N2O5S. The number of aliphatic carboxylic acids is 1. The molecule has 0 aliphatic rings. The largest absolute Gasteiger partial charge is 0.481 e. The number of nitrogens with zero attached hydrogens (tertiary/aromatic N) is 1. The smallest absolute Gasteiger partial charge is 0.310 e. The van der Waals surface area contributed by atoms with Crippen LogP contribution in [0.5, 0.6) is 0 Å². The van der Waals surface area contributed by atoms with Crippen molar-refractivity contribution in [2.75, 3.05) is 5.32 Å². The number of pyridine rings is 1. The van der Waals surface area contributed by atoms with E-state index < -0.39 is 27.1 Å². The van der Waals surface area contributed by atoms with Crippen molar-refractivity contribution in [1.82, 2.24) is 4.98 Å². The molecule has 0 spiro atoms. The van der Waals surface area contributed by atoms with Gasteiger partial charge in [-0.05, 0) is 43.2 Å². The highest BCUT2D eigenvalue weighted by molar-refractivity contribution is 7.90. The summed E-state index contributed by atoms with van der Waals surface area (Å²) in [6, 6.07) is 16.9. The number of nitrogens with one attached hydrogen (secondary N) is 1. The van der Waals surface area contributed by atoms with Gasteiger partial charge in [0.1, 0.15) is 0 Å². The molecule has 0 unspecified atom stereocenters. The Morgan fingerprint density at radius 2 is 1.72 bits per heavy atom. The second-order valence-electron chi connectivity index (χ2n) is 7.80. The second kappa shape index (κ2) is 9.48. The Kier molecular flexibility index (Phi) is 6.93. The first-order valence-corrected chi connectivity index (χ1v) is 12.0. The summed E-state index contributed by atoms with van der Waals surface area (Å²) >= 11 is 0. The zero-order chi connectivity index (χ0) is 23.4. The fourth-order valence-electron chi connectivity index (χ4n) is 3.62. The number of carbonyl (C=O) groups excluding carboxylic acids is 1. The van der Waals surface area contributed by atoms with E-state index >= 15 is 0 Å². The van der Waals surface area contributed by atoms with Gasteiger partial charge in [0, 0.05) is 17.5 Å². The first-order valence-electron chi connectivity index (χ1n) is 10.4. The molecule has 0 saturated heterocycles. The Labute approximate surface area is 187 Å². The molecule has 168 valence electrons. The van der Waals surface area contributed by atoms with Crippen molar-refractivity contribution in [3.05, 3.63) is 66.4 Å². The number of amides is 1. The highest BCUT2D eigenvalue weighted by Gasteiger charge is 2.37. The second-order valence-corrected chi connectivity index (χ2v) is 9.79. The minimum Gasteiger partial charge on any atom is -0.481 e. The van der Waals surface area contributed by atoms with Gasteiger partial charge in [-0.25, -0.2) is 8.42 Å². The quantitative estimate of drug-likeness (QED) is 0.494. The molecule has 2 N–H and O–H groups in total. The van der Waals surface area contributed by atoms with E-state index in [-0.39, 0.29) is 17.1 Å². The zero-order valence-corrected chi connectivity index (χ0v) is 18.9. The van der Waals surface area contributed by atoms with E-state index in [9.17, 15) is 23.1 Å². The Morgan fingerprint density at radius 3 is 2.41 bits per heavy atom. The molecule has 1 amide bonds. The van der Waals surface area contributed by atoms with Gasteiger partial charge in [0.2, 0.25) is 5.91 Å². The highest BCUT2D eigenvalue weighted by atomic mass is 32.2. The molecule has 0 radical (unpaired) electrons. The number of aromatic nitrogens is 1. The molecule has 7 nitrogen and oxygen atoms in total. The van der Waals surface area contributed by atoms with Crippen LogP contribution >= 0.6 is 0 Å². The normalized spacial score (nSPS) is 11.9. The number of para-hydroxylation sites is 1. The molecule has 3 rings (SSSR count). The van der Waals surface area contributed by atoms with Crippen molar-refractivity contribution in [3.63, 3.8) is 0 Å². The van der Waals surface area contributed by atoms with E-state index in [1.54, 1.807) is 32.0 Å². The number of hydrogen-bond acceptors (Lipinski definition) is 5. The maximum Gasteiger partial charge on any atom is 0.310 e. The molecule has 1 aromatic heterocycles. The van der Waals surface area contributed by atoms with Crippen LogP contribution in [-0.2, 0) is 25.2 Å². The van der Waals surface area contributed by atoms with Crippen molar-refractivity contribution in [1.29, 1.82) is 0 Å². The van der Waals surface area contributed by atoms with Crippen molar-refractivity contribution < 1.29 is 23.1 Å². The van der Waals surface area contributed by atoms with Crippen molar-refractivity contribution in [2.45, 2.75) is 43.8 Å². The molecule has 1 heterocycles. The number of sulfone groups is 1. The summed E-state index contributed by atoms with van der Waals surface area (Å²) in [5.41, 5.74) is 0.300. The van der Waals surface area contributed by atoms with E-state index in [1.807, 2.05) is 30.3 Å². The standard InChI is InChI=1S/C24H26N2O5S/c1-3-24(4-2,23(28)29)15-22(27)26-18-9-7-10-20(14-18)32(30,31)16-19-13-12-17-8-5-6-11-21(17)25-19/h5-14H,3-4,15-16H2,1-2H3,(H,26,27)(H,28,29). The number of carbonyl (C=O) groups is 2. The number of hydrogen-bond donors (Lipinski definition) is 2. The van der Waals surface area contributed by atoms with Gasteiger partial charge in [0.25, 0.3) is 0 Å². The Balaban J connectivity index is 1.78. The third-order valence-electron chi connectivity index (χ3n) is 5.78. The molecule has 0 aliphatic heterocycles. The van der Waals surface area contributed by atoms with Gasteiger partial charge < -0.3 is 10.4 Å². The number of fused-ring (bicyclic) bond motifs is 1. The third kappa shape index (κ3) is 5.13. The van der Waals surface area contributed by atoms with Gasteiger partial charge in [0.15, 0.2) is 9.84 Å². The van der Waals surface area contributed by atoms with Crippen molar-refractivity contribution in [3.8, 4) is 0 Å². The van der Waals surface area contributed by atoms with Crippen LogP contribution in [0.25, 0.3) is 10.9 Å². The Bertz CT molecular complexity index is 1250. The van der Waals surface area contributed by atoms with Crippen LogP contribution in [0.15, 0.2) is 65.6 Å². The van der Waals surface area contributed by atoms with Gasteiger partial charge in [-0.1, -0.05) is 44.2 Å². The molecule has 0 aliphatic carbocycles. The highest BCUT2D eigenvalue weighted by Crippen LogP contribution is 2.31. The zero-order valence-electron chi connectivity index (χ0n) is 18.0. The van der Waals surface area contributed by atoms with Crippen LogP contribution in [0.1, 0.15) is 38.8 Å². The fraction of sp³-hybridized carbons (Fsp3) is 0.292. The lowest BCUT2D eigenvalue weighted by Crippen LogP contribution is -2.34. The summed E-state index contributed by atoms with van der Waals surface area (Å²) < 4.78 is 25.9. The van der Waals surface area contributed by atoms with E-state index in [4.69, 9.17) is 0 Å². The SMILES string of the molecule is CCC(CC)(CC(=O)Nc1cccc(S(=O)(=O)Cc2ccc3ccccc3n2)c1)C(=O)O. The molecule has 32 heavy (non-hydrogen) atoms. The summed E-state index contributed by atoms with van der Waals surface area (Å²) in [4.78, 5) is 28.6. The lowest BCUT2D eigenvalue weighted by Gasteiger charge is -2.25. The number of anilines is 1. The van der Waals surface area contributed by atoms with Crippen molar-refractivity contribution in [2.24, 2.45) is 5.41 Å². The Hall–Kier alpha value is -3.26. The van der Waals surface area contributed by atoms with E-state index in [2.05, 4.69) is 10.3 Å². The topological polar surface area (TPSA) is 113 Å². The van der Waals surface area contributed by atoms with E-state index in [0.717, 1.165) is 10.9 Å². The first-order chi connectivity index (χ1) is 15.2. The average Bonchev–Trinajstić information content (AvgIpc) is 2.77. The molecule has 8 heteroatoms. The van der Waals surface area contributed by atoms with Crippen LogP contribution in [0.4, 0.5) is 5.69 Å². The fourth-order valence-corrected chi connectivity index (χ4v) is 4.93. The summed E-state index contributed by atoms with van der Waals surface area (Å²) in [6.45, 7) is 3.47. The van der Waals surface area contributed by atoms with Crippen LogP contribution in [0.3, 0.4) is 0 Å². The molecule has 0 saturated carbocycles. The monoisotopic (exact) mass is 454 g/mol. The number of carboxylic acids is 1. The number of rotatable bonds is 9. The average molecular weight is 455 g/mol.